The average Bonchev–Trinajstić information content (AvgIpc) is 2.69. The second-order valence-corrected chi connectivity index (χ2v) is 6.80. The molecular formula is C15H28N4OS. The quantitative estimate of drug-likeness (QED) is 0.579. The van der Waals surface area contributed by atoms with E-state index in [0.717, 1.165) is 39.0 Å². The molecule has 2 fully saturated rings. The fourth-order valence-corrected chi connectivity index (χ4v) is 3.41. The highest BCUT2D eigenvalue weighted by Gasteiger charge is 2.20. The predicted molar refractivity (Wildman–Crippen MR) is 89.3 cm³/mol. The number of carbonyl (C=O) groups excluding carboxylic acids is 1. The highest BCUT2D eigenvalue weighted by molar-refractivity contribution is 7.80. The van der Waals surface area contributed by atoms with E-state index in [1.165, 1.54) is 25.7 Å². The molecule has 0 radical (unpaired) electrons. The second kappa shape index (κ2) is 8.66. The molecule has 1 aliphatic heterocycles. The predicted octanol–water partition coefficient (Wildman–Crippen LogP) is 0.729. The van der Waals surface area contributed by atoms with E-state index in [9.17, 15) is 4.79 Å². The summed E-state index contributed by atoms with van der Waals surface area (Å²) in [4.78, 5) is 17.2. The molecule has 5 nitrogen and oxygen atoms in total. The summed E-state index contributed by atoms with van der Waals surface area (Å²) in [5, 5.41) is 3.21. The zero-order valence-electron chi connectivity index (χ0n) is 12.9. The Morgan fingerprint density at radius 3 is 2.05 bits per heavy atom. The van der Waals surface area contributed by atoms with E-state index in [2.05, 4.69) is 15.1 Å². The van der Waals surface area contributed by atoms with Gasteiger partial charge >= 0.3 is 0 Å². The fourth-order valence-electron chi connectivity index (χ4n) is 3.23. The molecule has 1 aliphatic carbocycles. The zero-order chi connectivity index (χ0) is 15.1. The van der Waals surface area contributed by atoms with Crippen LogP contribution in [-0.2, 0) is 4.79 Å². The normalized spacial score (nSPS) is 22.7. The van der Waals surface area contributed by atoms with Crippen LogP contribution in [0.5, 0.6) is 0 Å². The highest BCUT2D eigenvalue weighted by Crippen LogP contribution is 2.17. The van der Waals surface area contributed by atoms with Gasteiger partial charge in [0.1, 0.15) is 0 Å². The van der Waals surface area contributed by atoms with Crippen molar-refractivity contribution in [2.45, 2.75) is 44.6 Å². The van der Waals surface area contributed by atoms with E-state index >= 15 is 0 Å². The third-order valence-corrected chi connectivity index (χ3v) is 4.56. The van der Waals surface area contributed by atoms with Gasteiger partial charge in [-0.05, 0) is 12.8 Å². The molecule has 0 atom stereocenters. The Bertz CT molecular complexity index is 348. The van der Waals surface area contributed by atoms with Crippen LogP contribution in [0.1, 0.15) is 38.5 Å². The molecule has 120 valence electrons. The van der Waals surface area contributed by atoms with Crippen molar-refractivity contribution in [3.63, 3.8) is 0 Å². The molecular weight excluding hydrogens is 284 g/mol. The molecule has 6 heteroatoms. The van der Waals surface area contributed by atoms with Crippen LogP contribution < -0.4 is 11.1 Å². The Kier molecular flexibility index (Phi) is 6.86. The number of piperazine rings is 1. The monoisotopic (exact) mass is 312 g/mol. The lowest BCUT2D eigenvalue weighted by Gasteiger charge is -2.34. The first kappa shape index (κ1) is 16.6. The molecule has 0 aromatic carbocycles. The molecule has 1 saturated carbocycles. The van der Waals surface area contributed by atoms with Crippen molar-refractivity contribution in [2.75, 3.05) is 39.3 Å². The van der Waals surface area contributed by atoms with Crippen LogP contribution in [0.2, 0.25) is 0 Å². The van der Waals surface area contributed by atoms with Crippen molar-refractivity contribution in [3.8, 4) is 0 Å². The third kappa shape index (κ3) is 6.28. The van der Waals surface area contributed by atoms with Crippen molar-refractivity contribution in [1.82, 2.24) is 15.1 Å². The molecule has 1 amide bonds. The van der Waals surface area contributed by atoms with Gasteiger partial charge in [-0.15, -0.1) is 0 Å². The van der Waals surface area contributed by atoms with Gasteiger partial charge in [-0.25, -0.2) is 0 Å². The largest absolute Gasteiger partial charge is 0.392 e. The summed E-state index contributed by atoms with van der Waals surface area (Å²) in [5.41, 5.74) is 5.57. The number of rotatable bonds is 5. The molecule has 0 aromatic heterocycles. The van der Waals surface area contributed by atoms with Gasteiger partial charge < -0.3 is 11.1 Å². The number of hydrogen-bond acceptors (Lipinski definition) is 4. The Morgan fingerprint density at radius 2 is 1.52 bits per heavy atom. The van der Waals surface area contributed by atoms with Gasteiger partial charge in [0, 0.05) is 38.8 Å². The Labute approximate surface area is 133 Å². The first-order valence-electron chi connectivity index (χ1n) is 8.16. The molecule has 0 unspecified atom stereocenters. The highest BCUT2D eigenvalue weighted by atomic mass is 32.1. The standard InChI is InChI=1S/C15H28N4OS/c16-14(21)11-18-7-9-19(10-8-18)12-15(20)17-13-5-3-1-2-4-6-13/h13H,1-12H2,(H2,16,21)(H,17,20). The van der Waals surface area contributed by atoms with Crippen molar-refractivity contribution in [1.29, 1.82) is 0 Å². The van der Waals surface area contributed by atoms with Crippen LogP contribution in [0.15, 0.2) is 0 Å². The first-order valence-corrected chi connectivity index (χ1v) is 8.56. The third-order valence-electron chi connectivity index (χ3n) is 4.43. The maximum Gasteiger partial charge on any atom is 0.234 e. The number of carbonyl (C=O) groups is 1. The van der Waals surface area contributed by atoms with E-state index in [-0.39, 0.29) is 5.91 Å². The smallest absolute Gasteiger partial charge is 0.234 e. The summed E-state index contributed by atoms with van der Waals surface area (Å²) < 4.78 is 0. The Hall–Kier alpha value is -0.720. The van der Waals surface area contributed by atoms with Gasteiger partial charge in [-0.1, -0.05) is 37.9 Å². The van der Waals surface area contributed by atoms with Crippen LogP contribution >= 0.6 is 12.2 Å². The molecule has 21 heavy (non-hydrogen) atoms. The van der Waals surface area contributed by atoms with Crippen LogP contribution in [-0.4, -0.2) is 66.0 Å². The lowest BCUT2D eigenvalue weighted by molar-refractivity contribution is -0.123. The Balaban J connectivity index is 1.65. The minimum Gasteiger partial charge on any atom is -0.392 e. The number of amides is 1. The zero-order valence-corrected chi connectivity index (χ0v) is 13.7. The molecule has 1 saturated heterocycles. The topological polar surface area (TPSA) is 61.6 Å². The van der Waals surface area contributed by atoms with E-state index in [4.69, 9.17) is 18.0 Å². The van der Waals surface area contributed by atoms with Gasteiger partial charge in [0.15, 0.2) is 0 Å². The van der Waals surface area contributed by atoms with Gasteiger partial charge in [0.2, 0.25) is 5.91 Å². The Morgan fingerprint density at radius 1 is 1.00 bits per heavy atom. The lowest BCUT2D eigenvalue weighted by Crippen LogP contribution is -2.51. The number of thiocarbonyl (C=S) groups is 1. The van der Waals surface area contributed by atoms with Crippen LogP contribution in [0.4, 0.5) is 0 Å². The summed E-state index contributed by atoms with van der Waals surface area (Å²) in [7, 11) is 0. The maximum atomic E-state index is 12.1. The summed E-state index contributed by atoms with van der Waals surface area (Å²) in [6.45, 7) is 4.93. The maximum absolute atomic E-state index is 12.1. The first-order chi connectivity index (χ1) is 10.1. The van der Waals surface area contributed by atoms with Gasteiger partial charge in [0.05, 0.1) is 11.5 Å². The van der Waals surface area contributed by atoms with Gasteiger partial charge in [-0.3, -0.25) is 14.6 Å². The summed E-state index contributed by atoms with van der Waals surface area (Å²) >= 11 is 4.94. The number of hydrogen-bond donors (Lipinski definition) is 2. The molecule has 0 bridgehead atoms. The van der Waals surface area contributed by atoms with E-state index in [0.29, 0.717) is 24.1 Å². The van der Waals surface area contributed by atoms with E-state index in [1.807, 2.05) is 0 Å². The summed E-state index contributed by atoms with van der Waals surface area (Å²) in [5.74, 6) is 0.185. The van der Waals surface area contributed by atoms with E-state index in [1.54, 1.807) is 0 Å². The van der Waals surface area contributed by atoms with Crippen molar-refractivity contribution in [3.05, 3.63) is 0 Å². The average molecular weight is 312 g/mol. The van der Waals surface area contributed by atoms with Crippen molar-refractivity contribution < 1.29 is 4.79 Å². The molecule has 1 heterocycles. The second-order valence-electron chi connectivity index (χ2n) is 6.27. The molecule has 2 rings (SSSR count). The number of nitrogens with one attached hydrogen (secondary N) is 1. The lowest BCUT2D eigenvalue weighted by atomic mass is 10.1. The summed E-state index contributed by atoms with van der Waals surface area (Å²) in [6, 6.07) is 0.399. The van der Waals surface area contributed by atoms with E-state index < -0.39 is 0 Å². The van der Waals surface area contributed by atoms with Gasteiger partial charge in [0.25, 0.3) is 0 Å². The van der Waals surface area contributed by atoms with Crippen molar-refractivity contribution in [2.24, 2.45) is 5.73 Å². The van der Waals surface area contributed by atoms with Gasteiger partial charge in [-0.2, -0.15) is 0 Å². The molecule has 0 spiro atoms. The number of nitrogens with two attached hydrogens (primary N) is 1. The molecule has 0 aromatic rings. The number of nitrogens with zero attached hydrogens (tertiary/aromatic N) is 2. The fraction of sp³-hybridized carbons (Fsp3) is 0.867. The minimum absolute atomic E-state index is 0.185. The van der Waals surface area contributed by atoms with Crippen LogP contribution in [0.3, 0.4) is 0 Å². The van der Waals surface area contributed by atoms with Crippen LogP contribution in [0.25, 0.3) is 0 Å². The minimum atomic E-state index is 0.185. The van der Waals surface area contributed by atoms with Crippen molar-refractivity contribution >= 4 is 23.1 Å². The SMILES string of the molecule is NC(=S)CN1CCN(CC(=O)NC2CCCCCC2)CC1. The van der Waals surface area contributed by atoms with Crippen LogP contribution in [0, 0.1) is 0 Å². The molecule has 3 N–H and O–H groups in total. The summed E-state index contributed by atoms with van der Waals surface area (Å²) in [6.07, 6.45) is 7.43. The molecule has 2 aliphatic rings.